The molecule has 5 nitrogen and oxygen atoms in total. The number of hydrogen-bond acceptors (Lipinski definition) is 3. The highest BCUT2D eigenvalue weighted by atomic mass is 35.5. The molecule has 1 fully saturated rings. The number of carbonyl (C=O) groups excluding carboxylic acids is 1. The van der Waals surface area contributed by atoms with Crippen LogP contribution in [0.3, 0.4) is 0 Å². The number of aryl methyl sites for hydroxylation is 2. The van der Waals surface area contributed by atoms with Crippen LogP contribution in [0.25, 0.3) is 5.65 Å². The summed E-state index contributed by atoms with van der Waals surface area (Å²) in [7, 11) is 0. The Labute approximate surface area is 176 Å². The summed E-state index contributed by atoms with van der Waals surface area (Å²) in [5.74, 6) is 0.428. The van der Waals surface area contributed by atoms with Crippen LogP contribution in [0.2, 0.25) is 5.02 Å². The summed E-state index contributed by atoms with van der Waals surface area (Å²) in [6, 6.07) is 8.07. The first-order valence-electron chi connectivity index (χ1n) is 10.3. The summed E-state index contributed by atoms with van der Waals surface area (Å²) in [5, 5.41) is 8.44. The van der Waals surface area contributed by atoms with Gasteiger partial charge in [0.25, 0.3) is 5.91 Å². The van der Waals surface area contributed by atoms with E-state index in [9.17, 15) is 4.79 Å². The lowest BCUT2D eigenvalue weighted by molar-refractivity contribution is 0.0912. The molecule has 3 aromatic rings. The molecule has 0 aliphatic heterocycles. The van der Waals surface area contributed by atoms with E-state index in [1.54, 1.807) is 10.7 Å². The van der Waals surface area contributed by atoms with Crippen molar-refractivity contribution in [2.45, 2.75) is 58.9 Å². The van der Waals surface area contributed by atoms with Gasteiger partial charge in [0, 0.05) is 28.9 Å². The Kier molecular flexibility index (Phi) is 5.59. The number of rotatable bonds is 4. The van der Waals surface area contributed by atoms with Gasteiger partial charge in [-0.05, 0) is 49.8 Å². The van der Waals surface area contributed by atoms with E-state index < -0.39 is 0 Å². The van der Waals surface area contributed by atoms with E-state index in [4.69, 9.17) is 16.6 Å². The van der Waals surface area contributed by atoms with Crippen LogP contribution < -0.4 is 5.32 Å². The normalized spacial score (nSPS) is 19.4. The summed E-state index contributed by atoms with van der Waals surface area (Å²) in [6.07, 6.45) is 6.95. The fourth-order valence-corrected chi connectivity index (χ4v) is 4.54. The number of amides is 1. The van der Waals surface area contributed by atoms with Crippen LogP contribution in [0.15, 0.2) is 30.5 Å². The fraction of sp³-hybridized carbons (Fsp3) is 0.435. The number of halogens is 1. The Morgan fingerprint density at radius 2 is 2.00 bits per heavy atom. The maximum absolute atomic E-state index is 13.0. The zero-order chi connectivity index (χ0) is 20.5. The first kappa shape index (κ1) is 19.9. The van der Waals surface area contributed by atoms with E-state index in [-0.39, 0.29) is 11.9 Å². The summed E-state index contributed by atoms with van der Waals surface area (Å²) in [4.78, 5) is 17.7. The van der Waals surface area contributed by atoms with E-state index in [1.807, 2.05) is 38.1 Å². The Bertz CT molecular complexity index is 1060. The van der Waals surface area contributed by atoms with Crippen LogP contribution in [0.1, 0.15) is 65.5 Å². The molecular weight excluding hydrogens is 384 g/mol. The third-order valence-corrected chi connectivity index (χ3v) is 6.58. The lowest BCUT2D eigenvalue weighted by Gasteiger charge is -2.29. The van der Waals surface area contributed by atoms with Crippen molar-refractivity contribution in [3.05, 3.63) is 63.6 Å². The Morgan fingerprint density at radius 1 is 1.24 bits per heavy atom. The second kappa shape index (κ2) is 8.15. The zero-order valence-electron chi connectivity index (χ0n) is 17.2. The predicted octanol–water partition coefficient (Wildman–Crippen LogP) is 4.90. The summed E-state index contributed by atoms with van der Waals surface area (Å²) in [5.41, 5.74) is 5.18. The molecule has 0 bridgehead atoms. The maximum Gasteiger partial charge on any atom is 0.256 e. The predicted molar refractivity (Wildman–Crippen MR) is 116 cm³/mol. The van der Waals surface area contributed by atoms with E-state index in [0.717, 1.165) is 34.0 Å². The summed E-state index contributed by atoms with van der Waals surface area (Å²) in [6.45, 7) is 6.22. The van der Waals surface area contributed by atoms with Crippen LogP contribution in [-0.2, 0) is 6.42 Å². The number of hydrogen-bond donors (Lipinski definition) is 1. The van der Waals surface area contributed by atoms with Crippen LogP contribution in [-0.4, -0.2) is 26.5 Å². The molecule has 1 amide bonds. The van der Waals surface area contributed by atoms with Crippen molar-refractivity contribution < 1.29 is 4.79 Å². The molecule has 0 saturated heterocycles. The molecule has 29 heavy (non-hydrogen) atoms. The lowest BCUT2D eigenvalue weighted by atomic mass is 9.86. The van der Waals surface area contributed by atoms with Gasteiger partial charge >= 0.3 is 0 Å². The van der Waals surface area contributed by atoms with Gasteiger partial charge in [0.2, 0.25) is 0 Å². The van der Waals surface area contributed by atoms with E-state index >= 15 is 0 Å². The average Bonchev–Trinajstić information content (AvgIpc) is 3.12. The quantitative estimate of drug-likeness (QED) is 0.665. The second-order valence-electron chi connectivity index (χ2n) is 8.16. The maximum atomic E-state index is 13.0. The highest BCUT2D eigenvalue weighted by molar-refractivity contribution is 6.31. The summed E-state index contributed by atoms with van der Waals surface area (Å²) < 4.78 is 1.78. The fourth-order valence-electron chi connectivity index (χ4n) is 4.34. The number of nitrogens with one attached hydrogen (secondary N) is 1. The van der Waals surface area contributed by atoms with Crippen molar-refractivity contribution in [3.63, 3.8) is 0 Å². The molecule has 1 aromatic carbocycles. The average molecular weight is 411 g/mol. The van der Waals surface area contributed by atoms with Crippen molar-refractivity contribution >= 4 is 23.2 Å². The molecule has 0 spiro atoms. The van der Waals surface area contributed by atoms with Gasteiger partial charge in [-0.2, -0.15) is 5.10 Å². The van der Waals surface area contributed by atoms with Crippen LogP contribution in [0.5, 0.6) is 0 Å². The molecule has 2 heterocycles. The number of aromatic nitrogens is 3. The van der Waals surface area contributed by atoms with Gasteiger partial charge < -0.3 is 5.32 Å². The molecule has 152 valence electrons. The first-order valence-corrected chi connectivity index (χ1v) is 10.7. The van der Waals surface area contributed by atoms with Gasteiger partial charge in [-0.3, -0.25) is 4.79 Å². The standard InChI is InChI=1S/C23H27ClN4O/c1-14-8-4-7-11-21(14)27-23(29)19-13-25-28-16(3)18(15(2)26-22(19)28)12-17-9-5-6-10-20(17)24/h5-6,9-10,13-14,21H,4,7-8,11-12H2,1-3H3,(H,27,29). The van der Waals surface area contributed by atoms with Crippen LogP contribution in [0, 0.1) is 19.8 Å². The van der Waals surface area contributed by atoms with Gasteiger partial charge in [-0.15, -0.1) is 0 Å². The molecule has 2 aromatic heterocycles. The van der Waals surface area contributed by atoms with Crippen molar-refractivity contribution in [2.24, 2.45) is 5.92 Å². The number of carbonyl (C=O) groups is 1. The van der Waals surface area contributed by atoms with Crippen LogP contribution >= 0.6 is 11.6 Å². The van der Waals surface area contributed by atoms with Crippen LogP contribution in [0.4, 0.5) is 0 Å². The van der Waals surface area contributed by atoms with E-state index in [1.165, 1.54) is 19.3 Å². The van der Waals surface area contributed by atoms with Gasteiger partial charge in [0.1, 0.15) is 5.56 Å². The Morgan fingerprint density at radius 3 is 2.76 bits per heavy atom. The summed E-state index contributed by atoms with van der Waals surface area (Å²) >= 11 is 6.35. The van der Waals surface area contributed by atoms with Gasteiger partial charge in [-0.1, -0.05) is 49.6 Å². The minimum Gasteiger partial charge on any atom is -0.349 e. The molecular formula is C23H27ClN4O. The van der Waals surface area contributed by atoms with Crippen molar-refractivity contribution in [2.75, 3.05) is 0 Å². The third-order valence-electron chi connectivity index (χ3n) is 6.21. The van der Waals surface area contributed by atoms with E-state index in [2.05, 4.69) is 17.3 Å². The topological polar surface area (TPSA) is 59.3 Å². The molecule has 6 heteroatoms. The number of nitrogens with zero attached hydrogens (tertiary/aromatic N) is 3. The smallest absolute Gasteiger partial charge is 0.256 e. The lowest BCUT2D eigenvalue weighted by Crippen LogP contribution is -2.41. The van der Waals surface area contributed by atoms with Gasteiger partial charge in [0.05, 0.1) is 6.20 Å². The molecule has 0 radical (unpaired) electrons. The van der Waals surface area contributed by atoms with Gasteiger partial charge in [0.15, 0.2) is 5.65 Å². The van der Waals surface area contributed by atoms with Crippen molar-refractivity contribution in [3.8, 4) is 0 Å². The largest absolute Gasteiger partial charge is 0.349 e. The monoisotopic (exact) mass is 410 g/mol. The van der Waals surface area contributed by atoms with Crippen molar-refractivity contribution in [1.29, 1.82) is 0 Å². The van der Waals surface area contributed by atoms with E-state index in [0.29, 0.717) is 23.5 Å². The minimum atomic E-state index is -0.0797. The molecule has 1 N–H and O–H groups in total. The number of fused-ring (bicyclic) bond motifs is 1. The Balaban J connectivity index is 1.65. The molecule has 1 saturated carbocycles. The third kappa shape index (κ3) is 3.88. The first-order chi connectivity index (χ1) is 14.0. The molecule has 2 atom stereocenters. The second-order valence-corrected chi connectivity index (χ2v) is 8.57. The van der Waals surface area contributed by atoms with Gasteiger partial charge in [-0.25, -0.2) is 9.50 Å². The molecule has 4 rings (SSSR count). The highest BCUT2D eigenvalue weighted by Crippen LogP contribution is 2.26. The van der Waals surface area contributed by atoms with Crippen molar-refractivity contribution in [1.82, 2.24) is 19.9 Å². The minimum absolute atomic E-state index is 0.0797. The zero-order valence-corrected chi connectivity index (χ0v) is 18.0. The molecule has 2 unspecified atom stereocenters. The SMILES string of the molecule is Cc1nc2c(C(=O)NC3CCCCC3C)cnn2c(C)c1Cc1ccccc1Cl. The number of benzene rings is 1. The molecule has 1 aliphatic rings. The molecule has 1 aliphatic carbocycles. The highest BCUT2D eigenvalue weighted by Gasteiger charge is 2.25. The Hall–Kier alpha value is -2.40.